The van der Waals surface area contributed by atoms with E-state index in [4.69, 9.17) is 5.11 Å². The number of carboxylic acids is 2. The summed E-state index contributed by atoms with van der Waals surface area (Å²) in [6.45, 7) is 5.67. The number of benzene rings is 1. The molecule has 0 heterocycles. The van der Waals surface area contributed by atoms with Gasteiger partial charge in [-0.2, -0.15) is 0 Å². The molecule has 1 unspecified atom stereocenters. The number of carbonyl (C=O) groups is 2. The van der Waals surface area contributed by atoms with Crippen LogP contribution in [0.1, 0.15) is 31.4 Å². The summed E-state index contributed by atoms with van der Waals surface area (Å²) in [4.78, 5) is 23.7. The third-order valence-corrected chi connectivity index (χ3v) is 3.38. The largest absolute Gasteiger partial charge is 0.481 e. The fourth-order valence-electron chi connectivity index (χ4n) is 2.26. The predicted octanol–water partition coefficient (Wildman–Crippen LogP) is 2.31. The molecule has 0 fully saturated rings. The summed E-state index contributed by atoms with van der Waals surface area (Å²) in [5.74, 6) is -1.89. The molecular formula is C15H21NO4. The van der Waals surface area contributed by atoms with Crippen molar-refractivity contribution in [1.82, 2.24) is 0 Å². The highest BCUT2D eigenvalue weighted by atomic mass is 16.4. The zero-order valence-electron chi connectivity index (χ0n) is 12.1. The van der Waals surface area contributed by atoms with Crippen LogP contribution in [0.4, 0.5) is 5.69 Å². The molecule has 1 aromatic rings. The molecule has 0 saturated carbocycles. The van der Waals surface area contributed by atoms with Gasteiger partial charge < -0.3 is 15.1 Å². The van der Waals surface area contributed by atoms with Crippen molar-refractivity contribution < 1.29 is 19.8 Å². The van der Waals surface area contributed by atoms with Crippen LogP contribution < -0.4 is 4.90 Å². The number of aryl methyl sites for hydroxylation is 2. The summed E-state index contributed by atoms with van der Waals surface area (Å²) >= 11 is 0. The van der Waals surface area contributed by atoms with Crippen LogP contribution in [-0.4, -0.2) is 34.7 Å². The molecule has 1 aromatic carbocycles. The van der Waals surface area contributed by atoms with Gasteiger partial charge in [0, 0.05) is 12.2 Å². The molecule has 0 aromatic heterocycles. The fourth-order valence-corrected chi connectivity index (χ4v) is 2.26. The summed E-state index contributed by atoms with van der Waals surface area (Å²) in [6.07, 6.45) is 0.683. The number of para-hydroxylation sites is 1. The molecular weight excluding hydrogens is 258 g/mol. The monoisotopic (exact) mass is 279 g/mol. The van der Waals surface area contributed by atoms with Crippen LogP contribution in [0.15, 0.2) is 18.2 Å². The van der Waals surface area contributed by atoms with Crippen LogP contribution in [0.5, 0.6) is 0 Å². The van der Waals surface area contributed by atoms with Crippen LogP contribution in [0.25, 0.3) is 0 Å². The van der Waals surface area contributed by atoms with Gasteiger partial charge >= 0.3 is 11.9 Å². The molecule has 0 amide bonds. The highest BCUT2D eigenvalue weighted by Crippen LogP contribution is 2.27. The first-order chi connectivity index (χ1) is 9.38. The number of hydrogen-bond acceptors (Lipinski definition) is 3. The van der Waals surface area contributed by atoms with Gasteiger partial charge in [0.25, 0.3) is 0 Å². The quantitative estimate of drug-likeness (QED) is 0.801. The Morgan fingerprint density at radius 1 is 1.30 bits per heavy atom. The Morgan fingerprint density at radius 3 is 2.45 bits per heavy atom. The zero-order chi connectivity index (χ0) is 15.3. The molecule has 20 heavy (non-hydrogen) atoms. The van der Waals surface area contributed by atoms with Crippen molar-refractivity contribution in [2.24, 2.45) is 0 Å². The van der Waals surface area contributed by atoms with E-state index in [1.807, 2.05) is 32.0 Å². The molecule has 110 valence electrons. The lowest BCUT2D eigenvalue weighted by Gasteiger charge is -2.31. The minimum atomic E-state index is -0.958. The Labute approximate surface area is 118 Å². The maximum atomic E-state index is 11.3. The Hall–Kier alpha value is -2.04. The molecule has 0 radical (unpaired) electrons. The van der Waals surface area contributed by atoms with E-state index in [2.05, 4.69) is 0 Å². The Kier molecular flexibility index (Phi) is 5.55. The van der Waals surface area contributed by atoms with Gasteiger partial charge in [0.2, 0.25) is 0 Å². The molecule has 1 rings (SSSR count). The van der Waals surface area contributed by atoms with Crippen molar-refractivity contribution in [3.05, 3.63) is 29.3 Å². The van der Waals surface area contributed by atoms with E-state index in [9.17, 15) is 14.7 Å². The second kappa shape index (κ2) is 6.93. The Morgan fingerprint density at radius 2 is 1.95 bits per heavy atom. The highest BCUT2D eigenvalue weighted by molar-refractivity contribution is 5.79. The van der Waals surface area contributed by atoms with Gasteiger partial charge in [-0.05, 0) is 31.4 Å². The fraction of sp³-hybridized carbons (Fsp3) is 0.467. The number of rotatable bonds is 7. The number of nitrogens with zero attached hydrogens (tertiary/aromatic N) is 1. The summed E-state index contributed by atoms with van der Waals surface area (Å²) < 4.78 is 0. The predicted molar refractivity (Wildman–Crippen MR) is 77.3 cm³/mol. The summed E-state index contributed by atoms with van der Waals surface area (Å²) in [5, 5.41) is 18.1. The van der Waals surface area contributed by atoms with Crippen molar-refractivity contribution in [3.8, 4) is 0 Å². The van der Waals surface area contributed by atoms with Crippen molar-refractivity contribution >= 4 is 17.6 Å². The topological polar surface area (TPSA) is 77.8 Å². The second-order valence-corrected chi connectivity index (χ2v) is 4.79. The van der Waals surface area contributed by atoms with Crippen LogP contribution >= 0.6 is 0 Å². The number of carboxylic acid groups (broad SMARTS) is 2. The normalized spacial score (nSPS) is 11.9. The molecule has 0 saturated heterocycles. The van der Waals surface area contributed by atoms with E-state index in [0.29, 0.717) is 0 Å². The molecule has 0 aliphatic carbocycles. The number of anilines is 1. The van der Waals surface area contributed by atoms with Crippen LogP contribution in [-0.2, 0) is 16.0 Å². The Bertz CT molecular complexity index is 499. The lowest BCUT2D eigenvalue weighted by atomic mass is 10.0. The molecule has 0 bridgehead atoms. The third-order valence-electron chi connectivity index (χ3n) is 3.38. The standard InChI is InChI=1S/C15H21NO4/c1-4-12-7-5-6-10(2)14(12)16(9-8-13(17)18)11(3)15(19)20/h5-7,11H,4,8-9H2,1-3H3,(H,17,18)(H,19,20). The molecule has 2 N–H and O–H groups in total. The molecule has 5 nitrogen and oxygen atoms in total. The first-order valence-corrected chi connectivity index (χ1v) is 6.68. The molecule has 0 spiro atoms. The van der Waals surface area contributed by atoms with Gasteiger partial charge in [-0.25, -0.2) is 4.79 Å². The van der Waals surface area contributed by atoms with Gasteiger partial charge in [0.05, 0.1) is 6.42 Å². The average molecular weight is 279 g/mol. The smallest absolute Gasteiger partial charge is 0.326 e. The van der Waals surface area contributed by atoms with Gasteiger partial charge in [-0.3, -0.25) is 4.79 Å². The van der Waals surface area contributed by atoms with E-state index >= 15 is 0 Å². The molecule has 1 atom stereocenters. The minimum Gasteiger partial charge on any atom is -0.481 e. The van der Waals surface area contributed by atoms with E-state index in [1.54, 1.807) is 11.8 Å². The first kappa shape index (κ1) is 16.0. The number of aliphatic carboxylic acids is 2. The number of hydrogen-bond donors (Lipinski definition) is 2. The summed E-state index contributed by atoms with van der Waals surface area (Å²) in [5.41, 5.74) is 2.83. The van der Waals surface area contributed by atoms with Gasteiger partial charge in [0.15, 0.2) is 0 Å². The maximum absolute atomic E-state index is 11.3. The van der Waals surface area contributed by atoms with E-state index < -0.39 is 18.0 Å². The van der Waals surface area contributed by atoms with E-state index in [0.717, 1.165) is 23.2 Å². The lowest BCUT2D eigenvalue weighted by Crippen LogP contribution is -2.41. The van der Waals surface area contributed by atoms with Gasteiger partial charge in [0.1, 0.15) is 6.04 Å². The summed E-state index contributed by atoms with van der Waals surface area (Å²) in [7, 11) is 0. The summed E-state index contributed by atoms with van der Waals surface area (Å²) in [6, 6.07) is 5.03. The highest BCUT2D eigenvalue weighted by Gasteiger charge is 2.24. The first-order valence-electron chi connectivity index (χ1n) is 6.68. The third kappa shape index (κ3) is 3.73. The van der Waals surface area contributed by atoms with Crippen molar-refractivity contribution in [3.63, 3.8) is 0 Å². The van der Waals surface area contributed by atoms with Crippen molar-refractivity contribution in [2.75, 3.05) is 11.4 Å². The Balaban J connectivity index is 3.22. The lowest BCUT2D eigenvalue weighted by molar-refractivity contribution is -0.139. The second-order valence-electron chi connectivity index (χ2n) is 4.79. The molecule has 5 heteroatoms. The van der Waals surface area contributed by atoms with Crippen LogP contribution in [0.2, 0.25) is 0 Å². The SMILES string of the molecule is CCc1cccc(C)c1N(CCC(=O)O)C(C)C(=O)O. The van der Waals surface area contributed by atoms with E-state index in [-0.39, 0.29) is 13.0 Å². The minimum absolute atomic E-state index is 0.0882. The van der Waals surface area contributed by atoms with Crippen molar-refractivity contribution in [1.29, 1.82) is 0 Å². The molecule has 0 aliphatic heterocycles. The van der Waals surface area contributed by atoms with Crippen LogP contribution in [0.3, 0.4) is 0 Å². The van der Waals surface area contributed by atoms with E-state index in [1.165, 1.54) is 0 Å². The maximum Gasteiger partial charge on any atom is 0.326 e. The van der Waals surface area contributed by atoms with Gasteiger partial charge in [-0.15, -0.1) is 0 Å². The zero-order valence-corrected chi connectivity index (χ0v) is 12.1. The van der Waals surface area contributed by atoms with Crippen LogP contribution in [0, 0.1) is 6.92 Å². The molecule has 0 aliphatic rings. The van der Waals surface area contributed by atoms with Gasteiger partial charge in [-0.1, -0.05) is 25.1 Å². The average Bonchev–Trinajstić information content (AvgIpc) is 2.39. The van der Waals surface area contributed by atoms with Crippen molar-refractivity contribution in [2.45, 2.75) is 39.7 Å².